The predicted molar refractivity (Wildman–Crippen MR) is 89.9 cm³/mol. The van der Waals surface area contributed by atoms with E-state index in [-0.39, 0.29) is 0 Å². The molecule has 0 rings (SSSR count). The second-order valence-corrected chi connectivity index (χ2v) is 8.05. The third-order valence-corrected chi connectivity index (χ3v) is 2.81. The summed E-state index contributed by atoms with van der Waals surface area (Å²) < 4.78 is 5.14. The SMILES string of the molecule is CCC(C)(OOC(=O)OC(C)(CC)OOC(C)(C)C)OOC(C)(C)C. The highest BCUT2D eigenvalue weighted by atomic mass is 17.3. The van der Waals surface area contributed by atoms with Gasteiger partial charge in [0.1, 0.15) is 0 Å². The van der Waals surface area contributed by atoms with E-state index in [0.29, 0.717) is 12.8 Å². The van der Waals surface area contributed by atoms with E-state index in [2.05, 4.69) is 0 Å². The first-order valence-electron chi connectivity index (χ1n) is 8.46. The minimum absolute atomic E-state index is 0.340. The molecule has 0 bridgehead atoms. The zero-order valence-corrected chi connectivity index (χ0v) is 17.2. The molecule has 0 spiro atoms. The van der Waals surface area contributed by atoms with Crippen molar-refractivity contribution in [1.29, 1.82) is 0 Å². The number of carbonyl (C=O) groups is 1. The van der Waals surface area contributed by atoms with E-state index < -0.39 is 28.9 Å². The highest BCUT2D eigenvalue weighted by Gasteiger charge is 2.35. The lowest BCUT2D eigenvalue weighted by atomic mass is 10.2. The fraction of sp³-hybridized carbons (Fsp3) is 0.941. The molecule has 2 unspecified atom stereocenters. The van der Waals surface area contributed by atoms with E-state index in [1.54, 1.807) is 27.7 Å². The molecule has 0 heterocycles. The smallest absolute Gasteiger partial charge is 0.397 e. The van der Waals surface area contributed by atoms with Gasteiger partial charge in [-0.05, 0) is 48.5 Å². The first kappa shape index (κ1) is 24.1. The summed E-state index contributed by atoms with van der Waals surface area (Å²) in [7, 11) is 0. The lowest BCUT2D eigenvalue weighted by Gasteiger charge is -2.31. The molecule has 0 aromatic rings. The molecular formula is C17H34O8. The molecule has 0 fully saturated rings. The Morgan fingerprint density at radius 2 is 1.04 bits per heavy atom. The summed E-state index contributed by atoms with van der Waals surface area (Å²) in [5.41, 5.74) is -1.10. The zero-order valence-electron chi connectivity index (χ0n) is 17.2. The van der Waals surface area contributed by atoms with Gasteiger partial charge in [0.05, 0.1) is 11.2 Å². The lowest BCUT2D eigenvalue weighted by Crippen LogP contribution is -2.39. The van der Waals surface area contributed by atoms with Gasteiger partial charge in [-0.25, -0.2) is 14.6 Å². The van der Waals surface area contributed by atoms with Gasteiger partial charge in [0.2, 0.25) is 11.6 Å². The molecule has 0 aromatic heterocycles. The Kier molecular flexibility index (Phi) is 8.80. The van der Waals surface area contributed by atoms with Crippen molar-refractivity contribution in [2.75, 3.05) is 0 Å². The predicted octanol–water partition coefficient (Wildman–Crippen LogP) is 4.82. The van der Waals surface area contributed by atoms with Crippen molar-refractivity contribution in [3.8, 4) is 0 Å². The summed E-state index contributed by atoms with van der Waals surface area (Å²) in [6.07, 6.45) is -0.376. The van der Waals surface area contributed by atoms with Crippen molar-refractivity contribution in [3.05, 3.63) is 0 Å². The van der Waals surface area contributed by atoms with Crippen molar-refractivity contribution in [3.63, 3.8) is 0 Å². The number of rotatable bonds is 9. The van der Waals surface area contributed by atoms with Crippen LogP contribution >= 0.6 is 0 Å². The fourth-order valence-corrected chi connectivity index (χ4v) is 1.02. The number of ether oxygens (including phenoxy) is 1. The Balaban J connectivity index is 4.59. The van der Waals surface area contributed by atoms with Crippen LogP contribution < -0.4 is 0 Å². The molecule has 25 heavy (non-hydrogen) atoms. The van der Waals surface area contributed by atoms with E-state index in [1.165, 1.54) is 0 Å². The number of hydrogen-bond donors (Lipinski definition) is 0. The molecular weight excluding hydrogens is 332 g/mol. The quantitative estimate of drug-likeness (QED) is 0.249. The molecule has 0 amide bonds. The van der Waals surface area contributed by atoms with Crippen LogP contribution in [0.5, 0.6) is 0 Å². The minimum atomic E-state index is -1.32. The van der Waals surface area contributed by atoms with E-state index in [0.717, 1.165) is 0 Å². The molecule has 0 aliphatic rings. The van der Waals surface area contributed by atoms with Crippen LogP contribution in [0.1, 0.15) is 82.1 Å². The Morgan fingerprint density at radius 3 is 1.40 bits per heavy atom. The highest BCUT2D eigenvalue weighted by Crippen LogP contribution is 2.24. The van der Waals surface area contributed by atoms with Crippen LogP contribution in [0, 0.1) is 0 Å². The van der Waals surface area contributed by atoms with Crippen LogP contribution in [0.15, 0.2) is 0 Å². The average molecular weight is 366 g/mol. The molecule has 0 aromatic carbocycles. The van der Waals surface area contributed by atoms with Gasteiger partial charge in [-0.3, -0.25) is 4.89 Å². The second-order valence-electron chi connectivity index (χ2n) is 8.05. The van der Waals surface area contributed by atoms with E-state index in [4.69, 9.17) is 34.1 Å². The molecule has 2 atom stereocenters. The molecule has 150 valence electrons. The van der Waals surface area contributed by atoms with Crippen LogP contribution in [-0.4, -0.2) is 28.9 Å². The van der Waals surface area contributed by atoms with Crippen LogP contribution in [-0.2, 0) is 34.1 Å². The number of carbonyl (C=O) groups excluding carboxylic acids is 1. The molecule has 0 N–H and O–H groups in total. The Hall–Kier alpha value is -0.930. The summed E-state index contributed by atoms with van der Waals surface area (Å²) in [6.45, 7) is 17.6. The van der Waals surface area contributed by atoms with Gasteiger partial charge in [0.25, 0.3) is 0 Å². The van der Waals surface area contributed by atoms with Gasteiger partial charge >= 0.3 is 6.16 Å². The molecule has 8 heteroatoms. The van der Waals surface area contributed by atoms with Crippen LogP contribution in [0.2, 0.25) is 0 Å². The van der Waals surface area contributed by atoms with E-state index in [1.807, 2.05) is 41.5 Å². The molecule has 8 nitrogen and oxygen atoms in total. The third kappa shape index (κ3) is 11.3. The van der Waals surface area contributed by atoms with Crippen LogP contribution in [0.4, 0.5) is 4.79 Å². The maximum absolute atomic E-state index is 11.9. The van der Waals surface area contributed by atoms with Crippen molar-refractivity contribution < 1.29 is 38.9 Å². The largest absolute Gasteiger partial charge is 0.543 e. The average Bonchev–Trinajstić information content (AvgIpc) is 2.48. The van der Waals surface area contributed by atoms with Gasteiger partial charge in [0, 0.05) is 19.8 Å². The molecule has 0 aliphatic carbocycles. The summed E-state index contributed by atoms with van der Waals surface area (Å²) in [4.78, 5) is 42.5. The van der Waals surface area contributed by atoms with Crippen molar-refractivity contribution in [2.24, 2.45) is 0 Å². The van der Waals surface area contributed by atoms with Gasteiger partial charge < -0.3 is 4.74 Å². The van der Waals surface area contributed by atoms with Gasteiger partial charge in [-0.2, -0.15) is 9.78 Å². The minimum Gasteiger partial charge on any atom is -0.397 e. The first-order valence-corrected chi connectivity index (χ1v) is 8.46. The molecule has 0 saturated carbocycles. The second kappa shape index (κ2) is 9.14. The Bertz CT molecular complexity index is 412. The van der Waals surface area contributed by atoms with Gasteiger partial charge in [0.15, 0.2) is 0 Å². The van der Waals surface area contributed by atoms with E-state index in [9.17, 15) is 4.79 Å². The molecule has 0 saturated heterocycles. The van der Waals surface area contributed by atoms with Gasteiger partial charge in [-0.15, -0.1) is 4.89 Å². The summed E-state index contributed by atoms with van der Waals surface area (Å²) in [6, 6.07) is 0. The normalized spacial score (nSPS) is 17.5. The molecule has 0 radical (unpaired) electrons. The standard InChI is InChI=1S/C17H34O8/c1-11-16(9,24-21-14(3,4)5)19-13(18)20-23-17(10,12-2)25-22-15(6,7)8/h11-12H2,1-10H3. The summed E-state index contributed by atoms with van der Waals surface area (Å²) >= 11 is 0. The summed E-state index contributed by atoms with van der Waals surface area (Å²) in [5.74, 6) is -2.60. The third-order valence-electron chi connectivity index (χ3n) is 2.81. The Labute approximate surface area is 150 Å². The lowest BCUT2D eigenvalue weighted by molar-refractivity contribution is -0.514. The number of hydrogen-bond acceptors (Lipinski definition) is 8. The first-order chi connectivity index (χ1) is 11.1. The molecule has 0 aliphatic heterocycles. The maximum Gasteiger partial charge on any atom is 0.543 e. The fourth-order valence-electron chi connectivity index (χ4n) is 1.02. The van der Waals surface area contributed by atoms with Crippen LogP contribution in [0.3, 0.4) is 0 Å². The maximum atomic E-state index is 11.9. The monoisotopic (exact) mass is 366 g/mol. The van der Waals surface area contributed by atoms with Crippen molar-refractivity contribution >= 4 is 6.16 Å². The highest BCUT2D eigenvalue weighted by molar-refractivity contribution is 5.59. The topological polar surface area (TPSA) is 81.7 Å². The van der Waals surface area contributed by atoms with Gasteiger partial charge in [-0.1, -0.05) is 13.8 Å². The Morgan fingerprint density at radius 1 is 0.640 bits per heavy atom. The zero-order chi connectivity index (χ0) is 19.9. The summed E-state index contributed by atoms with van der Waals surface area (Å²) in [5, 5.41) is 0. The van der Waals surface area contributed by atoms with Crippen LogP contribution in [0.25, 0.3) is 0 Å². The van der Waals surface area contributed by atoms with Crippen molar-refractivity contribution in [2.45, 2.75) is 105 Å². The van der Waals surface area contributed by atoms with Crippen molar-refractivity contribution in [1.82, 2.24) is 0 Å². The van der Waals surface area contributed by atoms with E-state index >= 15 is 0 Å².